The molecule has 3 rings (SSSR count). The van der Waals surface area contributed by atoms with Crippen LogP contribution in [0.25, 0.3) is 0 Å². The molecule has 2 heterocycles. The van der Waals surface area contributed by atoms with Crippen LogP contribution in [0.4, 0.5) is 11.4 Å². The minimum Gasteiger partial charge on any atom is -0.379 e. The molecule has 1 aromatic carbocycles. The van der Waals surface area contributed by atoms with Gasteiger partial charge in [0, 0.05) is 31.7 Å². The van der Waals surface area contributed by atoms with Gasteiger partial charge in [-0.1, -0.05) is 12.1 Å². The van der Waals surface area contributed by atoms with E-state index in [4.69, 9.17) is 0 Å². The Hall–Kier alpha value is -3.00. The van der Waals surface area contributed by atoms with Gasteiger partial charge in [0.2, 0.25) is 0 Å². The van der Waals surface area contributed by atoms with Gasteiger partial charge in [0.25, 0.3) is 11.5 Å². The van der Waals surface area contributed by atoms with Crippen LogP contribution < -0.4 is 16.2 Å². The fourth-order valence-corrected chi connectivity index (χ4v) is 2.74. The van der Waals surface area contributed by atoms with Crippen molar-refractivity contribution < 1.29 is 4.79 Å². The fraction of sp³-hybridized carbons (Fsp3) is 0.111. The fourth-order valence-electron chi connectivity index (χ4n) is 2.24. The molecule has 0 aliphatic rings. The lowest BCUT2D eigenvalue weighted by Crippen LogP contribution is -2.21. The highest BCUT2D eigenvalue weighted by molar-refractivity contribution is 9.10. The van der Waals surface area contributed by atoms with Gasteiger partial charge in [-0.3, -0.25) is 14.6 Å². The molecule has 7 nitrogen and oxygen atoms in total. The van der Waals surface area contributed by atoms with Crippen LogP contribution in [0, 0.1) is 0 Å². The molecule has 8 heteroatoms. The Labute approximate surface area is 158 Å². The smallest absolute Gasteiger partial charge is 0.282 e. The van der Waals surface area contributed by atoms with Crippen LogP contribution in [-0.4, -0.2) is 20.7 Å². The molecule has 0 bridgehead atoms. The number of nitrogens with zero attached hydrogens (tertiary/aromatic N) is 3. The lowest BCUT2D eigenvalue weighted by molar-refractivity contribution is 0.102. The normalized spacial score (nSPS) is 10.4. The molecule has 1 amide bonds. The first-order chi connectivity index (χ1) is 12.5. The summed E-state index contributed by atoms with van der Waals surface area (Å²) < 4.78 is 1.70. The largest absolute Gasteiger partial charge is 0.379 e. The zero-order chi connectivity index (χ0) is 18.5. The first-order valence-corrected chi connectivity index (χ1v) is 8.60. The highest BCUT2D eigenvalue weighted by Crippen LogP contribution is 2.18. The maximum absolute atomic E-state index is 12.1. The van der Waals surface area contributed by atoms with E-state index in [2.05, 4.69) is 36.6 Å². The highest BCUT2D eigenvalue weighted by Gasteiger charge is 2.07. The van der Waals surface area contributed by atoms with Gasteiger partial charge in [-0.15, -0.1) is 0 Å². The van der Waals surface area contributed by atoms with Gasteiger partial charge >= 0.3 is 0 Å². The summed E-state index contributed by atoms with van der Waals surface area (Å²) in [5.74, 6) is -0.209. The third-order valence-corrected chi connectivity index (χ3v) is 4.46. The molecule has 0 saturated carbocycles. The Bertz CT molecular complexity index is 971. The Kier molecular flexibility index (Phi) is 5.43. The summed E-state index contributed by atoms with van der Waals surface area (Å²) in [6.07, 6.45) is 4.73. The second-order valence-electron chi connectivity index (χ2n) is 5.55. The molecule has 0 unspecified atom stereocenters. The monoisotopic (exact) mass is 413 g/mol. The van der Waals surface area contributed by atoms with Crippen LogP contribution in [0.5, 0.6) is 0 Å². The second kappa shape index (κ2) is 7.92. The third kappa shape index (κ3) is 4.15. The number of hydrogen-bond donors (Lipinski definition) is 2. The third-order valence-electron chi connectivity index (χ3n) is 3.70. The van der Waals surface area contributed by atoms with Crippen LogP contribution in [0.3, 0.4) is 0 Å². The van der Waals surface area contributed by atoms with Crippen LogP contribution in [0.2, 0.25) is 0 Å². The number of benzene rings is 1. The Balaban J connectivity index is 1.62. The first-order valence-electron chi connectivity index (χ1n) is 7.80. The maximum atomic E-state index is 12.1. The molecule has 3 aromatic rings. The van der Waals surface area contributed by atoms with Crippen molar-refractivity contribution in [1.29, 1.82) is 0 Å². The minimum absolute atomic E-state index is 0.205. The van der Waals surface area contributed by atoms with Crippen LogP contribution in [0.15, 0.2) is 64.3 Å². The summed E-state index contributed by atoms with van der Waals surface area (Å²) >= 11 is 3.28. The van der Waals surface area contributed by atoms with Crippen LogP contribution >= 0.6 is 15.9 Å². The number of amides is 1. The molecule has 132 valence electrons. The SMILES string of the molecule is Cn1ncc(NCc2ccc(NC(=O)c3cccnc3)cc2)c(Br)c1=O. The van der Waals surface area contributed by atoms with Gasteiger partial charge in [-0.05, 0) is 45.8 Å². The van der Waals surface area contributed by atoms with E-state index >= 15 is 0 Å². The number of carbonyl (C=O) groups is 1. The Morgan fingerprint density at radius 2 is 1.96 bits per heavy atom. The van der Waals surface area contributed by atoms with Gasteiger partial charge < -0.3 is 10.6 Å². The van der Waals surface area contributed by atoms with Gasteiger partial charge in [0.1, 0.15) is 4.47 Å². The van der Waals surface area contributed by atoms with Crippen LogP contribution in [0.1, 0.15) is 15.9 Å². The molecule has 2 aromatic heterocycles. The summed E-state index contributed by atoms with van der Waals surface area (Å²) in [7, 11) is 1.59. The maximum Gasteiger partial charge on any atom is 0.282 e. The molecule has 0 aliphatic heterocycles. The average molecular weight is 414 g/mol. The predicted molar refractivity (Wildman–Crippen MR) is 103 cm³/mol. The number of carbonyl (C=O) groups excluding carboxylic acids is 1. The quantitative estimate of drug-likeness (QED) is 0.671. The molecule has 0 spiro atoms. The molecule has 0 radical (unpaired) electrons. The van der Waals surface area contributed by atoms with E-state index in [1.807, 2.05) is 24.3 Å². The number of anilines is 2. The molecule has 2 N–H and O–H groups in total. The van der Waals surface area contributed by atoms with Crippen molar-refractivity contribution in [2.75, 3.05) is 10.6 Å². The van der Waals surface area contributed by atoms with Crippen molar-refractivity contribution in [3.8, 4) is 0 Å². The number of hydrogen-bond acceptors (Lipinski definition) is 5. The summed E-state index contributed by atoms with van der Waals surface area (Å²) in [6.45, 7) is 0.518. The lowest BCUT2D eigenvalue weighted by atomic mass is 10.2. The standard InChI is InChI=1S/C18H16BrN5O2/c1-24-18(26)16(19)15(11-22-24)21-9-12-4-6-14(7-5-12)23-17(25)13-3-2-8-20-10-13/h2-8,10-11,21H,9H2,1H3,(H,23,25). The number of pyridine rings is 1. The van der Waals surface area contributed by atoms with Crippen molar-refractivity contribution in [3.63, 3.8) is 0 Å². The lowest BCUT2D eigenvalue weighted by Gasteiger charge is -2.10. The molecule has 0 aliphatic carbocycles. The van der Waals surface area contributed by atoms with E-state index in [1.54, 1.807) is 31.6 Å². The van der Waals surface area contributed by atoms with E-state index in [-0.39, 0.29) is 11.5 Å². The van der Waals surface area contributed by atoms with Crippen molar-refractivity contribution in [2.24, 2.45) is 7.05 Å². The summed E-state index contributed by atoms with van der Waals surface area (Å²) in [6, 6.07) is 10.9. The first kappa shape index (κ1) is 17.8. The minimum atomic E-state index is -0.209. The zero-order valence-electron chi connectivity index (χ0n) is 13.9. The molecule has 26 heavy (non-hydrogen) atoms. The molecule has 0 saturated heterocycles. The van der Waals surface area contributed by atoms with Crippen molar-refractivity contribution >= 4 is 33.2 Å². The molecule has 0 atom stereocenters. The van der Waals surface area contributed by atoms with E-state index in [1.165, 1.54) is 10.9 Å². The summed E-state index contributed by atoms with van der Waals surface area (Å²) in [4.78, 5) is 27.9. The van der Waals surface area contributed by atoms with Gasteiger partial charge in [-0.2, -0.15) is 5.10 Å². The topological polar surface area (TPSA) is 88.9 Å². The zero-order valence-corrected chi connectivity index (χ0v) is 15.5. The van der Waals surface area contributed by atoms with Crippen molar-refractivity contribution in [2.45, 2.75) is 6.54 Å². The Morgan fingerprint density at radius 1 is 1.19 bits per heavy atom. The van der Waals surface area contributed by atoms with E-state index in [0.717, 1.165) is 5.56 Å². The van der Waals surface area contributed by atoms with E-state index in [9.17, 15) is 9.59 Å². The predicted octanol–water partition coefficient (Wildman–Crippen LogP) is 2.80. The molecule has 0 fully saturated rings. The number of aryl methyl sites for hydroxylation is 1. The molecular weight excluding hydrogens is 398 g/mol. The van der Waals surface area contributed by atoms with Gasteiger partial charge in [0.15, 0.2) is 0 Å². The number of nitrogens with one attached hydrogen (secondary N) is 2. The van der Waals surface area contributed by atoms with Crippen molar-refractivity contribution in [1.82, 2.24) is 14.8 Å². The number of aromatic nitrogens is 3. The number of rotatable bonds is 5. The Morgan fingerprint density at radius 3 is 2.65 bits per heavy atom. The van der Waals surface area contributed by atoms with E-state index in [0.29, 0.717) is 28.0 Å². The van der Waals surface area contributed by atoms with Gasteiger partial charge in [0.05, 0.1) is 17.4 Å². The molecular formula is C18H16BrN5O2. The highest BCUT2D eigenvalue weighted by atomic mass is 79.9. The summed E-state index contributed by atoms with van der Waals surface area (Å²) in [5, 5.41) is 9.97. The van der Waals surface area contributed by atoms with Crippen molar-refractivity contribution in [3.05, 3.63) is 80.9 Å². The summed E-state index contributed by atoms with van der Waals surface area (Å²) in [5.41, 5.74) is 2.61. The number of halogens is 1. The van der Waals surface area contributed by atoms with Crippen LogP contribution in [-0.2, 0) is 13.6 Å². The van der Waals surface area contributed by atoms with E-state index < -0.39 is 0 Å². The second-order valence-corrected chi connectivity index (χ2v) is 6.34. The average Bonchev–Trinajstić information content (AvgIpc) is 2.67. The van der Waals surface area contributed by atoms with Gasteiger partial charge in [-0.25, -0.2) is 4.68 Å².